The maximum atomic E-state index is 4.81. The highest BCUT2D eigenvalue weighted by molar-refractivity contribution is 5.78. The first-order valence-electron chi connectivity index (χ1n) is 9.18. The molecule has 3 aromatic rings. The fraction of sp³-hybridized carbons (Fsp3) is 0.381. The van der Waals surface area contributed by atoms with Crippen LogP contribution in [0, 0.1) is 6.92 Å². The van der Waals surface area contributed by atoms with Gasteiger partial charge >= 0.3 is 0 Å². The molecule has 3 rings (SSSR count). The molecule has 4 heteroatoms. The van der Waals surface area contributed by atoms with Gasteiger partial charge in [-0.2, -0.15) is 0 Å². The van der Waals surface area contributed by atoms with Crippen LogP contribution < -0.4 is 5.32 Å². The van der Waals surface area contributed by atoms with Crippen LogP contribution in [0.25, 0.3) is 11.0 Å². The molecule has 0 aliphatic heterocycles. The summed E-state index contributed by atoms with van der Waals surface area (Å²) in [4.78, 5) is 7.25. The molecule has 0 aliphatic rings. The van der Waals surface area contributed by atoms with Crippen molar-refractivity contribution < 1.29 is 0 Å². The van der Waals surface area contributed by atoms with Crippen LogP contribution in [0.3, 0.4) is 0 Å². The van der Waals surface area contributed by atoms with E-state index < -0.39 is 0 Å². The Morgan fingerprint density at radius 1 is 1.00 bits per heavy atom. The molecule has 1 N–H and O–H groups in total. The van der Waals surface area contributed by atoms with E-state index in [1.807, 2.05) is 6.07 Å². The highest BCUT2D eigenvalue weighted by Gasteiger charge is 2.11. The number of imidazole rings is 1. The van der Waals surface area contributed by atoms with Crippen molar-refractivity contribution >= 4 is 17.0 Å². The molecule has 0 saturated heterocycles. The molecule has 1 heterocycles. The van der Waals surface area contributed by atoms with E-state index in [4.69, 9.17) is 4.98 Å². The number of anilines is 1. The molecule has 0 bridgehead atoms. The average Bonchev–Trinajstić information content (AvgIpc) is 3.00. The molecule has 0 radical (unpaired) electrons. The zero-order chi connectivity index (χ0) is 17.6. The fourth-order valence-electron chi connectivity index (χ4n) is 3.11. The number of nitrogens with one attached hydrogen (secondary N) is 1. The van der Waals surface area contributed by atoms with Crippen LogP contribution in [-0.2, 0) is 13.1 Å². The zero-order valence-corrected chi connectivity index (χ0v) is 15.5. The van der Waals surface area contributed by atoms with Crippen LogP contribution in [0.2, 0.25) is 0 Å². The Morgan fingerprint density at radius 3 is 2.44 bits per heavy atom. The van der Waals surface area contributed by atoms with Crippen molar-refractivity contribution in [2.75, 3.05) is 25.0 Å². The minimum absolute atomic E-state index is 0.787. The summed E-state index contributed by atoms with van der Waals surface area (Å²) < 4.78 is 2.31. The Labute approximate surface area is 150 Å². The molecular formula is C21H28N4. The van der Waals surface area contributed by atoms with Gasteiger partial charge in [-0.15, -0.1) is 0 Å². The predicted molar refractivity (Wildman–Crippen MR) is 106 cm³/mol. The SMILES string of the molecule is CCN(CC)CCn1c(NCc2ccc(C)cc2)nc2ccccc21. The second kappa shape index (κ2) is 8.17. The summed E-state index contributed by atoms with van der Waals surface area (Å²) in [5.74, 6) is 0.953. The molecule has 25 heavy (non-hydrogen) atoms. The van der Waals surface area contributed by atoms with E-state index in [2.05, 4.69) is 78.0 Å². The van der Waals surface area contributed by atoms with Crippen molar-refractivity contribution in [3.8, 4) is 0 Å². The summed E-state index contributed by atoms with van der Waals surface area (Å²) in [6.45, 7) is 11.5. The normalized spacial score (nSPS) is 11.4. The lowest BCUT2D eigenvalue weighted by molar-refractivity contribution is 0.292. The molecule has 0 saturated carbocycles. The first-order valence-corrected chi connectivity index (χ1v) is 9.18. The summed E-state index contributed by atoms with van der Waals surface area (Å²) >= 11 is 0. The molecule has 132 valence electrons. The maximum Gasteiger partial charge on any atom is 0.204 e. The maximum absolute atomic E-state index is 4.81. The lowest BCUT2D eigenvalue weighted by Crippen LogP contribution is -2.27. The van der Waals surface area contributed by atoms with Gasteiger partial charge in [0.05, 0.1) is 11.0 Å². The molecule has 0 amide bonds. The molecule has 0 spiro atoms. The predicted octanol–water partition coefficient (Wildman–Crippen LogP) is 4.30. The molecule has 1 aromatic heterocycles. The minimum Gasteiger partial charge on any atom is -0.352 e. The van der Waals surface area contributed by atoms with Crippen molar-refractivity contribution in [1.29, 1.82) is 0 Å². The van der Waals surface area contributed by atoms with Gasteiger partial charge in [-0.25, -0.2) is 4.98 Å². The molecule has 4 nitrogen and oxygen atoms in total. The first kappa shape index (κ1) is 17.5. The minimum atomic E-state index is 0.787. The summed E-state index contributed by atoms with van der Waals surface area (Å²) in [6, 6.07) is 17.0. The second-order valence-corrected chi connectivity index (χ2v) is 6.44. The highest BCUT2D eigenvalue weighted by Crippen LogP contribution is 2.20. The third-order valence-corrected chi connectivity index (χ3v) is 4.76. The quantitative estimate of drug-likeness (QED) is 0.666. The van der Waals surface area contributed by atoms with E-state index in [0.29, 0.717) is 0 Å². The smallest absolute Gasteiger partial charge is 0.204 e. The van der Waals surface area contributed by atoms with Crippen molar-refractivity contribution in [2.45, 2.75) is 33.9 Å². The van der Waals surface area contributed by atoms with Gasteiger partial charge in [0, 0.05) is 19.6 Å². The van der Waals surface area contributed by atoms with E-state index in [9.17, 15) is 0 Å². The van der Waals surface area contributed by atoms with Gasteiger partial charge in [0.25, 0.3) is 0 Å². The van der Waals surface area contributed by atoms with Crippen LogP contribution in [0.4, 0.5) is 5.95 Å². The number of hydrogen-bond acceptors (Lipinski definition) is 3. The zero-order valence-electron chi connectivity index (χ0n) is 15.5. The Kier molecular flexibility index (Phi) is 5.71. The standard InChI is InChI=1S/C21H28N4/c1-4-24(5-2)14-15-25-20-9-7-6-8-19(20)23-21(25)22-16-18-12-10-17(3)11-13-18/h6-13H,4-5,14-16H2,1-3H3,(H,22,23). The molecule has 0 unspecified atom stereocenters. The molecule has 2 aromatic carbocycles. The fourth-order valence-corrected chi connectivity index (χ4v) is 3.11. The van der Waals surface area contributed by atoms with Gasteiger partial charge < -0.3 is 14.8 Å². The van der Waals surface area contributed by atoms with Gasteiger partial charge in [-0.3, -0.25) is 0 Å². The number of nitrogens with zero attached hydrogens (tertiary/aromatic N) is 3. The average molecular weight is 336 g/mol. The number of hydrogen-bond donors (Lipinski definition) is 1. The summed E-state index contributed by atoms with van der Waals surface area (Å²) in [5.41, 5.74) is 4.80. The first-order chi connectivity index (χ1) is 12.2. The summed E-state index contributed by atoms with van der Waals surface area (Å²) in [5, 5.41) is 3.53. The highest BCUT2D eigenvalue weighted by atomic mass is 15.2. The third-order valence-electron chi connectivity index (χ3n) is 4.76. The van der Waals surface area contributed by atoms with Gasteiger partial charge in [0.2, 0.25) is 5.95 Å². The number of likely N-dealkylation sites (N-methyl/N-ethyl adjacent to an activating group) is 1. The second-order valence-electron chi connectivity index (χ2n) is 6.44. The van der Waals surface area contributed by atoms with Crippen LogP contribution in [0.1, 0.15) is 25.0 Å². The van der Waals surface area contributed by atoms with Gasteiger partial charge in [-0.05, 0) is 37.7 Å². The monoisotopic (exact) mass is 336 g/mol. The van der Waals surface area contributed by atoms with E-state index in [-0.39, 0.29) is 0 Å². The number of rotatable bonds is 8. The van der Waals surface area contributed by atoms with Crippen LogP contribution in [0.15, 0.2) is 48.5 Å². The lowest BCUT2D eigenvalue weighted by Gasteiger charge is -2.19. The molecule has 0 atom stereocenters. The van der Waals surface area contributed by atoms with Crippen molar-refractivity contribution in [3.63, 3.8) is 0 Å². The van der Waals surface area contributed by atoms with Gasteiger partial charge in [-0.1, -0.05) is 55.8 Å². The van der Waals surface area contributed by atoms with Crippen LogP contribution in [-0.4, -0.2) is 34.1 Å². The molecule has 0 aliphatic carbocycles. The summed E-state index contributed by atoms with van der Waals surface area (Å²) in [6.07, 6.45) is 0. The number of para-hydroxylation sites is 2. The largest absolute Gasteiger partial charge is 0.352 e. The number of benzene rings is 2. The van der Waals surface area contributed by atoms with Crippen molar-refractivity contribution in [2.24, 2.45) is 0 Å². The number of fused-ring (bicyclic) bond motifs is 1. The van der Waals surface area contributed by atoms with E-state index >= 15 is 0 Å². The number of aryl methyl sites for hydroxylation is 1. The molecular weight excluding hydrogens is 308 g/mol. The van der Waals surface area contributed by atoms with Crippen molar-refractivity contribution in [3.05, 3.63) is 59.7 Å². The van der Waals surface area contributed by atoms with Crippen LogP contribution in [0.5, 0.6) is 0 Å². The Balaban J connectivity index is 1.80. The number of aromatic nitrogens is 2. The Hall–Kier alpha value is -2.33. The van der Waals surface area contributed by atoms with E-state index in [1.54, 1.807) is 0 Å². The van der Waals surface area contributed by atoms with E-state index in [1.165, 1.54) is 16.6 Å². The third kappa shape index (κ3) is 4.20. The van der Waals surface area contributed by atoms with Gasteiger partial charge in [0.1, 0.15) is 0 Å². The van der Waals surface area contributed by atoms with Crippen LogP contribution >= 0.6 is 0 Å². The molecule has 0 fully saturated rings. The van der Waals surface area contributed by atoms with Crippen molar-refractivity contribution in [1.82, 2.24) is 14.5 Å². The Morgan fingerprint density at radius 2 is 1.72 bits per heavy atom. The van der Waals surface area contributed by atoms with Gasteiger partial charge in [0.15, 0.2) is 0 Å². The lowest BCUT2D eigenvalue weighted by atomic mass is 10.1. The van der Waals surface area contributed by atoms with E-state index in [0.717, 1.165) is 44.2 Å². The topological polar surface area (TPSA) is 33.1 Å². The Bertz CT molecular complexity index is 800. The summed E-state index contributed by atoms with van der Waals surface area (Å²) in [7, 11) is 0.